The van der Waals surface area contributed by atoms with Crippen molar-refractivity contribution >= 4 is 38.8 Å². The van der Waals surface area contributed by atoms with Crippen molar-refractivity contribution in [1.82, 2.24) is 19.1 Å². The molecule has 0 radical (unpaired) electrons. The molecule has 4 nitrogen and oxygen atoms in total. The summed E-state index contributed by atoms with van der Waals surface area (Å²) in [4.78, 5) is 10.9. The molecule has 0 bridgehead atoms. The molecule has 0 saturated carbocycles. The molecule has 0 saturated heterocycles. The molecular weight excluding hydrogens is 1110 g/mol. The van der Waals surface area contributed by atoms with E-state index in [4.69, 9.17) is 9.97 Å². The lowest BCUT2D eigenvalue weighted by atomic mass is 9.95. The lowest BCUT2D eigenvalue weighted by Gasteiger charge is -2.15. The van der Waals surface area contributed by atoms with Crippen LogP contribution in [0.3, 0.4) is 0 Å². The first-order valence-corrected chi connectivity index (χ1v) is 31.7. The van der Waals surface area contributed by atoms with Crippen LogP contribution in [0.5, 0.6) is 0 Å². The molecule has 1 aliphatic carbocycles. The number of nitrogens with zero attached hydrogens (tertiary/aromatic N) is 4. The van der Waals surface area contributed by atoms with Crippen molar-refractivity contribution in [2.45, 2.75) is 12.8 Å². The molecule has 92 heavy (non-hydrogen) atoms. The maximum absolute atomic E-state index is 5.47. The van der Waals surface area contributed by atoms with Gasteiger partial charge in [-0.1, -0.05) is 255 Å². The highest BCUT2D eigenvalue weighted by Gasteiger charge is 2.20. The van der Waals surface area contributed by atoms with Gasteiger partial charge in [-0.25, -0.2) is 9.97 Å². The van der Waals surface area contributed by atoms with E-state index in [1.807, 2.05) is 0 Å². The second kappa shape index (κ2) is 23.2. The molecule has 13 aromatic carbocycles. The predicted molar refractivity (Wildman–Crippen MR) is 385 cm³/mol. The van der Waals surface area contributed by atoms with Gasteiger partial charge in [0, 0.05) is 55.5 Å². The summed E-state index contributed by atoms with van der Waals surface area (Å²) < 4.78 is 4.85. The van der Waals surface area contributed by atoms with Crippen molar-refractivity contribution in [3.63, 3.8) is 0 Å². The van der Waals surface area contributed by atoms with Crippen molar-refractivity contribution in [1.29, 1.82) is 0 Å². The van der Waals surface area contributed by atoms with Crippen LogP contribution in [0, 0.1) is 0 Å². The SMILES string of the molecule is C1=Cc2c(n(-c3cccc(-c4cccc(-c5cccc(-c6cc(-c7ccc(-c8cccc(-c9cccc(-c%10ccccc%10)c9)c8)cc7)nc(-c7cccc(-c8cccc(-c9cccc(-n%10c%11ccccc%11c%11ccccc%11%10)c9)c8)c7)n6)c5)c4)c3)c3ccccc23)CC1. The number of para-hydroxylation sites is 3. The van der Waals surface area contributed by atoms with Gasteiger partial charge >= 0.3 is 0 Å². The second-order valence-electron chi connectivity index (χ2n) is 24.0. The van der Waals surface area contributed by atoms with Crippen molar-refractivity contribution in [3.8, 4) is 123 Å². The number of rotatable bonds is 12. The zero-order chi connectivity index (χ0) is 60.9. The summed E-state index contributed by atoms with van der Waals surface area (Å²) in [6.07, 6.45) is 6.67. The van der Waals surface area contributed by atoms with Crippen LogP contribution in [0.2, 0.25) is 0 Å². The first-order chi connectivity index (χ1) is 45.6. The minimum atomic E-state index is 0.656. The Hall–Kier alpha value is -12.0. The fourth-order valence-electron chi connectivity index (χ4n) is 13.9. The second-order valence-corrected chi connectivity index (χ2v) is 24.0. The van der Waals surface area contributed by atoms with E-state index in [0.29, 0.717) is 5.82 Å². The van der Waals surface area contributed by atoms with E-state index >= 15 is 0 Å². The summed E-state index contributed by atoms with van der Waals surface area (Å²) in [7, 11) is 0. The third-order valence-electron chi connectivity index (χ3n) is 18.4. The zero-order valence-corrected chi connectivity index (χ0v) is 50.5. The van der Waals surface area contributed by atoms with Gasteiger partial charge in [0.2, 0.25) is 0 Å². The molecule has 3 heterocycles. The lowest BCUT2D eigenvalue weighted by molar-refractivity contribution is 0.889. The number of hydrogen-bond acceptors (Lipinski definition) is 2. The first kappa shape index (κ1) is 54.2. The van der Waals surface area contributed by atoms with E-state index < -0.39 is 0 Å². The molecule has 0 N–H and O–H groups in total. The summed E-state index contributed by atoms with van der Waals surface area (Å²) in [5, 5.41) is 3.80. The summed E-state index contributed by atoms with van der Waals surface area (Å²) in [6, 6.07) is 119. The summed E-state index contributed by atoms with van der Waals surface area (Å²) in [5.74, 6) is 0.656. The minimum absolute atomic E-state index is 0.656. The smallest absolute Gasteiger partial charge is 0.160 e. The Morgan fingerprint density at radius 1 is 0.239 bits per heavy atom. The highest BCUT2D eigenvalue weighted by Crippen LogP contribution is 2.40. The molecule has 0 amide bonds. The van der Waals surface area contributed by atoms with Crippen molar-refractivity contribution in [2.75, 3.05) is 0 Å². The molecule has 4 heteroatoms. The van der Waals surface area contributed by atoms with Gasteiger partial charge in [0.15, 0.2) is 5.82 Å². The van der Waals surface area contributed by atoms with Crippen LogP contribution >= 0.6 is 0 Å². The van der Waals surface area contributed by atoms with E-state index in [1.165, 1.54) is 77.5 Å². The molecule has 3 aromatic heterocycles. The van der Waals surface area contributed by atoms with Gasteiger partial charge in [0.25, 0.3) is 0 Å². The first-order valence-electron chi connectivity index (χ1n) is 31.7. The summed E-state index contributed by atoms with van der Waals surface area (Å²) in [5.41, 5.74) is 29.4. The quantitative estimate of drug-likeness (QED) is 0.122. The largest absolute Gasteiger partial charge is 0.313 e. The topological polar surface area (TPSA) is 35.6 Å². The molecule has 0 unspecified atom stereocenters. The van der Waals surface area contributed by atoms with Gasteiger partial charge in [0.05, 0.1) is 27.9 Å². The van der Waals surface area contributed by atoms with Crippen molar-refractivity contribution in [2.24, 2.45) is 0 Å². The van der Waals surface area contributed by atoms with Gasteiger partial charge in [0.1, 0.15) is 0 Å². The third kappa shape index (κ3) is 10.1. The highest BCUT2D eigenvalue weighted by molar-refractivity contribution is 6.09. The predicted octanol–water partition coefficient (Wildman–Crippen LogP) is 23.1. The van der Waals surface area contributed by atoms with E-state index in [9.17, 15) is 0 Å². The number of hydrogen-bond donors (Lipinski definition) is 0. The van der Waals surface area contributed by atoms with E-state index in [-0.39, 0.29) is 0 Å². The molecule has 432 valence electrons. The Morgan fingerprint density at radius 2 is 0.576 bits per heavy atom. The van der Waals surface area contributed by atoms with Crippen LogP contribution in [0.15, 0.2) is 334 Å². The zero-order valence-electron chi connectivity index (χ0n) is 50.5. The minimum Gasteiger partial charge on any atom is -0.313 e. The van der Waals surface area contributed by atoms with Crippen LogP contribution in [0.25, 0.3) is 162 Å². The number of allylic oxidation sites excluding steroid dienone is 1. The Bertz CT molecular complexity index is 5470. The van der Waals surface area contributed by atoms with E-state index in [1.54, 1.807) is 0 Å². The molecule has 0 fully saturated rings. The molecule has 0 aliphatic heterocycles. The molecule has 1 aliphatic rings. The van der Waals surface area contributed by atoms with Gasteiger partial charge in [-0.3, -0.25) is 0 Å². The number of fused-ring (bicyclic) bond motifs is 6. The molecular formula is C88H60N4. The van der Waals surface area contributed by atoms with Gasteiger partial charge in [-0.15, -0.1) is 0 Å². The molecule has 17 rings (SSSR count). The Balaban J connectivity index is 0.724. The maximum Gasteiger partial charge on any atom is 0.160 e. The van der Waals surface area contributed by atoms with E-state index in [0.717, 1.165) is 96.7 Å². The normalized spacial score (nSPS) is 12.0. The van der Waals surface area contributed by atoms with Gasteiger partial charge in [-0.05, 0) is 176 Å². The van der Waals surface area contributed by atoms with Crippen LogP contribution < -0.4 is 0 Å². The van der Waals surface area contributed by atoms with Crippen molar-refractivity contribution < 1.29 is 0 Å². The monoisotopic (exact) mass is 1170 g/mol. The summed E-state index contributed by atoms with van der Waals surface area (Å²) >= 11 is 0. The number of aromatic nitrogens is 4. The van der Waals surface area contributed by atoms with Crippen LogP contribution in [0.4, 0.5) is 0 Å². The fourth-order valence-corrected chi connectivity index (χ4v) is 13.9. The number of benzene rings is 13. The fraction of sp³-hybridized carbons (Fsp3) is 0.0227. The maximum atomic E-state index is 5.47. The average Bonchev–Trinajstić information content (AvgIpc) is 1.64. The van der Waals surface area contributed by atoms with Crippen LogP contribution in [-0.2, 0) is 6.42 Å². The third-order valence-corrected chi connectivity index (χ3v) is 18.4. The molecule has 0 spiro atoms. The molecule has 0 atom stereocenters. The Labute approximate surface area is 535 Å². The Kier molecular flexibility index (Phi) is 13.7. The standard InChI is InChI=1S/C88H60N4/c1-2-20-59(21-3-1)62-22-12-24-64(50-62)65-25-13-23-63(51-65)60-46-48-61(49-47-60)82-58-83(74-34-16-30-70(54-74)66-26-14-28-68(52-66)72-32-18-36-76(56-72)91-84-42-8-4-38-78(84)79-39-5-9-43-85(79)91)90-88(89-82)75-35-17-31-71(55-75)67-27-15-29-69(53-67)73-33-19-37-77(57-73)92-86-44-10-6-40-80(86)81-41-7-11-45-87(81)92/h1-8,10-42,44-58H,9,43H2. The average molecular weight is 1170 g/mol. The van der Waals surface area contributed by atoms with Crippen LogP contribution in [-0.4, -0.2) is 19.1 Å². The lowest BCUT2D eigenvalue weighted by Crippen LogP contribution is -2.03. The Morgan fingerprint density at radius 3 is 1.09 bits per heavy atom. The van der Waals surface area contributed by atoms with Gasteiger partial charge in [-0.2, -0.15) is 0 Å². The van der Waals surface area contributed by atoms with Crippen LogP contribution in [0.1, 0.15) is 17.7 Å². The van der Waals surface area contributed by atoms with Crippen molar-refractivity contribution in [3.05, 3.63) is 345 Å². The van der Waals surface area contributed by atoms with Gasteiger partial charge < -0.3 is 9.13 Å². The molecule has 16 aromatic rings. The highest BCUT2D eigenvalue weighted by atomic mass is 15.0. The summed E-state index contributed by atoms with van der Waals surface area (Å²) in [6.45, 7) is 0. The van der Waals surface area contributed by atoms with E-state index in [2.05, 4.69) is 349 Å².